The molecule has 6 heteroatoms. The van der Waals surface area contributed by atoms with Gasteiger partial charge in [-0.15, -0.1) is 0 Å². The van der Waals surface area contributed by atoms with Crippen molar-refractivity contribution in [2.45, 2.75) is 25.3 Å². The number of aliphatic carboxylic acids is 2. The molecule has 18 heavy (non-hydrogen) atoms. The summed E-state index contributed by atoms with van der Waals surface area (Å²) in [6, 6.07) is 2.90. The van der Waals surface area contributed by atoms with Gasteiger partial charge in [0.15, 0.2) is 0 Å². The molecule has 0 aliphatic heterocycles. The molecular weight excluding hydrogens is 236 g/mol. The van der Waals surface area contributed by atoms with Gasteiger partial charge in [0.1, 0.15) is 6.04 Å². The highest BCUT2D eigenvalue weighted by molar-refractivity contribution is 5.75. The summed E-state index contributed by atoms with van der Waals surface area (Å²) in [5.74, 6) is -2.02. The van der Waals surface area contributed by atoms with Crippen LogP contribution in [0.25, 0.3) is 0 Å². The molecule has 0 spiro atoms. The highest BCUT2D eigenvalue weighted by atomic mass is 16.4. The van der Waals surface area contributed by atoms with Gasteiger partial charge in [0.2, 0.25) is 0 Å². The van der Waals surface area contributed by atoms with Crippen LogP contribution in [0.3, 0.4) is 0 Å². The fourth-order valence-corrected chi connectivity index (χ4v) is 1.52. The predicted octanol–water partition coefficient (Wildman–Crippen LogP) is 0.532. The second-order valence-corrected chi connectivity index (χ2v) is 3.89. The highest BCUT2D eigenvalue weighted by Crippen LogP contribution is 2.00. The minimum atomic E-state index is -1.03. The normalized spacial score (nSPS) is 12.0. The van der Waals surface area contributed by atoms with E-state index in [9.17, 15) is 9.59 Å². The molecule has 0 unspecified atom stereocenters. The van der Waals surface area contributed by atoms with Crippen molar-refractivity contribution in [2.24, 2.45) is 0 Å². The Labute approximate surface area is 105 Å². The lowest BCUT2D eigenvalue weighted by Crippen LogP contribution is -2.38. The van der Waals surface area contributed by atoms with Gasteiger partial charge in [-0.2, -0.15) is 0 Å². The molecule has 0 aromatic carbocycles. The molecule has 1 aromatic heterocycles. The maximum absolute atomic E-state index is 10.9. The van der Waals surface area contributed by atoms with Crippen LogP contribution >= 0.6 is 0 Å². The van der Waals surface area contributed by atoms with Crippen LogP contribution in [0.5, 0.6) is 0 Å². The van der Waals surface area contributed by atoms with Crippen LogP contribution in [0.1, 0.15) is 18.4 Å². The predicted molar refractivity (Wildman–Crippen MR) is 64.2 cm³/mol. The molecule has 0 radical (unpaired) electrons. The third kappa shape index (κ3) is 5.40. The van der Waals surface area contributed by atoms with E-state index < -0.39 is 18.0 Å². The van der Waals surface area contributed by atoms with Gasteiger partial charge in [-0.1, -0.05) is 6.07 Å². The van der Waals surface area contributed by atoms with E-state index in [1.165, 1.54) is 0 Å². The summed E-state index contributed by atoms with van der Waals surface area (Å²) in [6.45, 7) is 0.474. The van der Waals surface area contributed by atoms with E-state index >= 15 is 0 Å². The largest absolute Gasteiger partial charge is 0.481 e. The molecule has 1 rings (SSSR count). The van der Waals surface area contributed by atoms with Crippen molar-refractivity contribution in [1.82, 2.24) is 10.3 Å². The summed E-state index contributed by atoms with van der Waals surface area (Å²) in [5.41, 5.74) is 1.01. The molecule has 0 saturated carbocycles. The van der Waals surface area contributed by atoms with Gasteiger partial charge < -0.3 is 15.5 Å². The third-order valence-corrected chi connectivity index (χ3v) is 2.47. The quantitative estimate of drug-likeness (QED) is 0.624. The summed E-state index contributed by atoms with van der Waals surface area (Å²) in [5, 5.41) is 20.3. The van der Waals surface area contributed by atoms with Crippen LogP contribution < -0.4 is 5.32 Å². The van der Waals surface area contributed by atoms with Gasteiger partial charge >= 0.3 is 11.9 Å². The number of hydrogen-bond acceptors (Lipinski definition) is 4. The Kier molecular flexibility index (Phi) is 5.79. The molecule has 0 fully saturated rings. The zero-order valence-electron chi connectivity index (χ0n) is 9.87. The minimum Gasteiger partial charge on any atom is -0.481 e. The molecule has 1 aromatic rings. The molecule has 0 saturated heterocycles. The molecular formula is C12H16N2O4. The van der Waals surface area contributed by atoms with Crippen molar-refractivity contribution >= 4 is 11.9 Å². The minimum absolute atomic E-state index is 0.0811. The van der Waals surface area contributed by atoms with Crippen LogP contribution in [-0.2, 0) is 16.0 Å². The average molecular weight is 252 g/mol. The van der Waals surface area contributed by atoms with Crippen molar-refractivity contribution in [1.29, 1.82) is 0 Å². The van der Waals surface area contributed by atoms with Gasteiger partial charge in [0.25, 0.3) is 0 Å². The Morgan fingerprint density at radius 3 is 2.72 bits per heavy atom. The standard InChI is InChI=1S/C12H16N2O4/c15-11(16)4-3-10(12(17)18)14-7-5-9-2-1-6-13-8-9/h1-2,6,8,10,14H,3-5,7H2,(H,15,16)(H,17,18)/t10-/m0/s1. The zero-order valence-corrected chi connectivity index (χ0v) is 9.87. The van der Waals surface area contributed by atoms with Crippen LogP contribution in [0.4, 0.5) is 0 Å². The van der Waals surface area contributed by atoms with Gasteiger partial charge in [-0.3, -0.25) is 14.6 Å². The molecule has 1 heterocycles. The van der Waals surface area contributed by atoms with Crippen molar-refractivity contribution in [3.8, 4) is 0 Å². The van der Waals surface area contributed by atoms with Crippen molar-refractivity contribution in [2.75, 3.05) is 6.54 Å². The van der Waals surface area contributed by atoms with E-state index in [2.05, 4.69) is 10.3 Å². The average Bonchev–Trinajstić information content (AvgIpc) is 2.34. The molecule has 0 bridgehead atoms. The molecule has 0 aliphatic rings. The Balaban J connectivity index is 2.34. The lowest BCUT2D eigenvalue weighted by Gasteiger charge is -2.13. The van der Waals surface area contributed by atoms with E-state index in [0.29, 0.717) is 13.0 Å². The number of nitrogens with zero attached hydrogens (tertiary/aromatic N) is 1. The number of carboxylic acids is 2. The van der Waals surface area contributed by atoms with Crippen molar-refractivity contribution in [3.05, 3.63) is 30.1 Å². The number of aromatic nitrogens is 1. The van der Waals surface area contributed by atoms with Gasteiger partial charge in [-0.25, -0.2) is 0 Å². The first-order valence-corrected chi connectivity index (χ1v) is 5.66. The van der Waals surface area contributed by atoms with E-state index in [-0.39, 0.29) is 12.8 Å². The number of rotatable bonds is 8. The van der Waals surface area contributed by atoms with E-state index in [0.717, 1.165) is 5.56 Å². The molecule has 3 N–H and O–H groups in total. The Bertz CT molecular complexity index is 394. The third-order valence-electron chi connectivity index (χ3n) is 2.47. The second-order valence-electron chi connectivity index (χ2n) is 3.89. The highest BCUT2D eigenvalue weighted by Gasteiger charge is 2.17. The lowest BCUT2D eigenvalue weighted by molar-refractivity contribution is -0.140. The number of carbonyl (C=O) groups is 2. The second kappa shape index (κ2) is 7.39. The van der Waals surface area contributed by atoms with E-state index in [1.807, 2.05) is 12.1 Å². The maximum atomic E-state index is 10.9. The SMILES string of the molecule is O=C(O)CC[C@H](NCCc1cccnc1)C(=O)O. The summed E-state index contributed by atoms with van der Waals surface area (Å²) in [4.78, 5) is 25.2. The molecule has 0 aliphatic carbocycles. The fourth-order valence-electron chi connectivity index (χ4n) is 1.52. The Morgan fingerprint density at radius 1 is 1.39 bits per heavy atom. The fraction of sp³-hybridized carbons (Fsp3) is 0.417. The molecule has 98 valence electrons. The Hall–Kier alpha value is -1.95. The summed E-state index contributed by atoms with van der Waals surface area (Å²) < 4.78 is 0. The van der Waals surface area contributed by atoms with Crippen molar-refractivity contribution < 1.29 is 19.8 Å². The van der Waals surface area contributed by atoms with E-state index in [1.54, 1.807) is 12.4 Å². The number of hydrogen-bond donors (Lipinski definition) is 3. The lowest BCUT2D eigenvalue weighted by atomic mass is 10.1. The first kappa shape index (κ1) is 14.1. The zero-order chi connectivity index (χ0) is 13.4. The van der Waals surface area contributed by atoms with Crippen LogP contribution in [0.15, 0.2) is 24.5 Å². The maximum Gasteiger partial charge on any atom is 0.320 e. The van der Waals surface area contributed by atoms with Gasteiger partial charge in [0, 0.05) is 25.4 Å². The molecule has 1 atom stereocenters. The van der Waals surface area contributed by atoms with Crippen LogP contribution in [-0.4, -0.2) is 39.7 Å². The van der Waals surface area contributed by atoms with Crippen molar-refractivity contribution in [3.63, 3.8) is 0 Å². The number of pyridine rings is 1. The summed E-state index contributed by atoms with van der Waals surface area (Å²) in [7, 11) is 0. The summed E-state index contributed by atoms with van der Waals surface area (Å²) >= 11 is 0. The first-order chi connectivity index (χ1) is 8.59. The molecule has 6 nitrogen and oxygen atoms in total. The topological polar surface area (TPSA) is 99.5 Å². The van der Waals surface area contributed by atoms with E-state index in [4.69, 9.17) is 10.2 Å². The first-order valence-electron chi connectivity index (χ1n) is 5.66. The van der Waals surface area contributed by atoms with Gasteiger partial charge in [-0.05, 0) is 24.5 Å². The van der Waals surface area contributed by atoms with Crippen LogP contribution in [0, 0.1) is 0 Å². The van der Waals surface area contributed by atoms with Gasteiger partial charge in [0.05, 0.1) is 0 Å². The molecule has 0 amide bonds. The smallest absolute Gasteiger partial charge is 0.320 e. The summed E-state index contributed by atoms with van der Waals surface area (Å²) in [6.07, 6.45) is 3.97. The Morgan fingerprint density at radius 2 is 2.17 bits per heavy atom. The number of nitrogens with one attached hydrogen (secondary N) is 1. The van der Waals surface area contributed by atoms with Crippen LogP contribution in [0.2, 0.25) is 0 Å². The monoisotopic (exact) mass is 252 g/mol. The number of carboxylic acid groups (broad SMARTS) is 2.